The molecular weight excluding hydrogens is 598 g/mol. The molecule has 5 N–H and O–H groups in total. The number of carbonyl (C=O) groups is 3. The van der Waals surface area contributed by atoms with Gasteiger partial charge in [-0.05, 0) is 107 Å². The fourth-order valence-electron chi connectivity index (χ4n) is 2.19. The predicted molar refractivity (Wildman–Crippen MR) is 128 cm³/mol. The maximum atomic E-state index is 11.7. The van der Waals surface area contributed by atoms with Gasteiger partial charge in [0.05, 0.1) is 0 Å². The Morgan fingerprint density at radius 2 is 1.34 bits per heavy atom. The van der Waals surface area contributed by atoms with E-state index in [1.165, 1.54) is 0 Å². The number of nitrogens with two attached hydrogens (primary N) is 1. The topological polar surface area (TPSA) is 113 Å². The van der Waals surface area contributed by atoms with E-state index in [4.69, 9.17) is 5.84 Å². The van der Waals surface area contributed by atoms with Crippen LogP contribution in [0.2, 0.25) is 0 Å². The van der Waals surface area contributed by atoms with Crippen LogP contribution in [0, 0.1) is 26.9 Å². The Kier molecular flexibility index (Phi) is 8.83. The molecule has 3 amide bonds. The smallest absolute Gasteiger partial charge is 0.269 e. The van der Waals surface area contributed by atoms with Gasteiger partial charge in [0.25, 0.3) is 11.8 Å². The molecule has 0 radical (unpaired) electrons. The molecule has 0 atom stereocenters. The first-order chi connectivity index (χ1) is 13.7. The predicted octanol–water partition coefficient (Wildman–Crippen LogP) is 2.97. The number of amides is 3. The SMILES string of the molecule is Cc1ccc(C(=O)NN)cc1I.Cc1ccc(C(=O)NNC(=O)C2CC2)cc1I. The van der Waals surface area contributed by atoms with Crippen molar-refractivity contribution in [2.75, 3.05) is 0 Å². The van der Waals surface area contributed by atoms with Gasteiger partial charge in [0.15, 0.2) is 0 Å². The number of halogens is 2. The van der Waals surface area contributed by atoms with Crippen molar-refractivity contribution in [2.45, 2.75) is 26.7 Å². The molecule has 1 saturated carbocycles. The van der Waals surface area contributed by atoms with E-state index in [9.17, 15) is 14.4 Å². The number of hydrogen-bond donors (Lipinski definition) is 4. The van der Waals surface area contributed by atoms with Gasteiger partial charge in [-0.2, -0.15) is 0 Å². The van der Waals surface area contributed by atoms with Gasteiger partial charge in [0, 0.05) is 24.2 Å². The highest BCUT2D eigenvalue weighted by Gasteiger charge is 2.29. The monoisotopic (exact) mass is 620 g/mol. The average molecular weight is 620 g/mol. The normalized spacial score (nSPS) is 12.3. The van der Waals surface area contributed by atoms with Crippen LogP contribution in [0.5, 0.6) is 0 Å². The Bertz CT molecular complexity index is 930. The quantitative estimate of drug-likeness (QED) is 0.183. The van der Waals surface area contributed by atoms with Crippen LogP contribution in [0.1, 0.15) is 44.7 Å². The number of rotatable bonds is 3. The Morgan fingerprint density at radius 3 is 1.76 bits per heavy atom. The molecule has 1 aliphatic carbocycles. The van der Waals surface area contributed by atoms with Gasteiger partial charge in [-0.25, -0.2) is 5.84 Å². The molecule has 2 aromatic carbocycles. The van der Waals surface area contributed by atoms with Crippen LogP contribution in [-0.2, 0) is 4.79 Å². The molecular formula is C20H22I2N4O3. The van der Waals surface area contributed by atoms with E-state index < -0.39 is 0 Å². The number of nitrogens with one attached hydrogen (secondary N) is 3. The maximum Gasteiger partial charge on any atom is 0.269 e. The van der Waals surface area contributed by atoms with Crippen LogP contribution < -0.4 is 22.1 Å². The number of aryl methyl sites for hydroxylation is 2. The highest BCUT2D eigenvalue weighted by Crippen LogP contribution is 2.28. The second-order valence-corrected chi connectivity index (χ2v) is 8.94. The summed E-state index contributed by atoms with van der Waals surface area (Å²) in [6.07, 6.45) is 1.84. The molecule has 0 heterocycles. The summed E-state index contributed by atoms with van der Waals surface area (Å²) in [6, 6.07) is 10.9. The van der Waals surface area contributed by atoms with Gasteiger partial charge in [0.2, 0.25) is 5.91 Å². The van der Waals surface area contributed by atoms with Gasteiger partial charge < -0.3 is 0 Å². The molecule has 0 unspecified atom stereocenters. The Morgan fingerprint density at radius 1 is 0.862 bits per heavy atom. The molecule has 1 fully saturated rings. The van der Waals surface area contributed by atoms with E-state index in [0.717, 1.165) is 31.1 Å². The van der Waals surface area contributed by atoms with Crippen molar-refractivity contribution in [2.24, 2.45) is 11.8 Å². The van der Waals surface area contributed by atoms with Crippen LogP contribution in [0.15, 0.2) is 36.4 Å². The standard InChI is InChI=1S/C12H13IN2O2.C8H9IN2O/c1-7-2-3-9(6-10(7)13)12(17)15-14-11(16)8-4-5-8;1-5-2-3-6(4-7(5)9)8(12)11-10/h2-3,6,8H,4-5H2,1H3,(H,14,16)(H,15,17);2-4H,10H2,1H3,(H,11,12). The lowest BCUT2D eigenvalue weighted by Crippen LogP contribution is -2.42. The second-order valence-electron chi connectivity index (χ2n) is 6.62. The summed E-state index contributed by atoms with van der Waals surface area (Å²) < 4.78 is 2.09. The minimum absolute atomic E-state index is 0.0912. The summed E-state index contributed by atoms with van der Waals surface area (Å²) in [5.74, 6) is 4.45. The van der Waals surface area contributed by atoms with E-state index in [1.807, 2.05) is 26.0 Å². The van der Waals surface area contributed by atoms with Crippen molar-refractivity contribution in [1.29, 1.82) is 0 Å². The van der Waals surface area contributed by atoms with Crippen molar-refractivity contribution in [3.8, 4) is 0 Å². The molecule has 1 aliphatic rings. The molecule has 2 aromatic rings. The van der Waals surface area contributed by atoms with Gasteiger partial charge in [-0.3, -0.25) is 30.7 Å². The zero-order valence-electron chi connectivity index (χ0n) is 16.0. The lowest BCUT2D eigenvalue weighted by molar-refractivity contribution is -0.123. The van der Waals surface area contributed by atoms with Crippen LogP contribution in [0.4, 0.5) is 0 Å². The molecule has 0 bridgehead atoms. The summed E-state index contributed by atoms with van der Waals surface area (Å²) >= 11 is 4.36. The van der Waals surface area contributed by atoms with Gasteiger partial charge >= 0.3 is 0 Å². The van der Waals surface area contributed by atoms with Crippen molar-refractivity contribution in [3.63, 3.8) is 0 Å². The van der Waals surface area contributed by atoms with Gasteiger partial charge in [0.1, 0.15) is 0 Å². The van der Waals surface area contributed by atoms with E-state index >= 15 is 0 Å². The first kappa shape index (κ1) is 23.5. The van der Waals surface area contributed by atoms with Crippen molar-refractivity contribution < 1.29 is 14.4 Å². The summed E-state index contributed by atoms with van der Waals surface area (Å²) in [6.45, 7) is 3.98. The van der Waals surface area contributed by atoms with Gasteiger partial charge in [-0.1, -0.05) is 12.1 Å². The second kappa shape index (κ2) is 10.9. The molecule has 9 heteroatoms. The van der Waals surface area contributed by atoms with E-state index in [2.05, 4.69) is 61.5 Å². The van der Waals surface area contributed by atoms with E-state index in [0.29, 0.717) is 11.1 Å². The molecule has 0 aromatic heterocycles. The molecule has 7 nitrogen and oxygen atoms in total. The third-order valence-corrected chi connectivity index (χ3v) is 6.57. The Hall–Kier alpha value is -1.73. The number of hydrazine groups is 2. The van der Waals surface area contributed by atoms with Crippen molar-refractivity contribution in [1.82, 2.24) is 16.3 Å². The first-order valence-electron chi connectivity index (χ1n) is 8.86. The summed E-state index contributed by atoms with van der Waals surface area (Å²) in [4.78, 5) is 34.1. The zero-order chi connectivity index (χ0) is 21.6. The molecule has 0 spiro atoms. The zero-order valence-corrected chi connectivity index (χ0v) is 20.3. The van der Waals surface area contributed by atoms with Gasteiger partial charge in [-0.15, -0.1) is 0 Å². The first-order valence-corrected chi connectivity index (χ1v) is 11.0. The number of benzene rings is 2. The van der Waals surface area contributed by atoms with Crippen molar-refractivity contribution in [3.05, 3.63) is 65.8 Å². The van der Waals surface area contributed by atoms with E-state index in [1.54, 1.807) is 24.3 Å². The number of hydrogen-bond acceptors (Lipinski definition) is 4. The Balaban J connectivity index is 0.000000221. The minimum Gasteiger partial charge on any atom is -0.290 e. The highest BCUT2D eigenvalue weighted by molar-refractivity contribution is 14.1. The van der Waals surface area contributed by atoms with Crippen LogP contribution in [0.3, 0.4) is 0 Å². The molecule has 0 aliphatic heterocycles. The van der Waals surface area contributed by atoms with Crippen LogP contribution >= 0.6 is 45.2 Å². The van der Waals surface area contributed by atoms with Crippen molar-refractivity contribution >= 4 is 62.9 Å². The maximum absolute atomic E-state index is 11.7. The van der Waals surface area contributed by atoms with E-state index in [-0.39, 0.29) is 23.6 Å². The molecule has 3 rings (SSSR count). The largest absolute Gasteiger partial charge is 0.290 e. The molecule has 154 valence electrons. The lowest BCUT2D eigenvalue weighted by atomic mass is 10.1. The number of carbonyl (C=O) groups excluding carboxylic acids is 3. The third kappa shape index (κ3) is 7.23. The number of nitrogen functional groups attached to an aromatic ring is 1. The summed E-state index contributed by atoms with van der Waals surface area (Å²) in [7, 11) is 0. The molecule has 29 heavy (non-hydrogen) atoms. The fourth-order valence-corrected chi connectivity index (χ4v) is 3.22. The highest BCUT2D eigenvalue weighted by atomic mass is 127. The summed E-state index contributed by atoms with van der Waals surface area (Å²) in [5.41, 5.74) is 10.4. The Labute approximate surface area is 196 Å². The third-order valence-electron chi connectivity index (χ3n) is 4.25. The summed E-state index contributed by atoms with van der Waals surface area (Å²) in [5, 5.41) is 0. The fraction of sp³-hybridized carbons (Fsp3) is 0.250. The average Bonchev–Trinajstić information content (AvgIpc) is 3.55. The lowest BCUT2D eigenvalue weighted by Gasteiger charge is -2.07. The molecule has 0 saturated heterocycles. The van der Waals surface area contributed by atoms with Crippen LogP contribution in [-0.4, -0.2) is 17.7 Å². The minimum atomic E-state index is -0.281. The van der Waals surface area contributed by atoms with Crippen LogP contribution in [0.25, 0.3) is 0 Å².